The van der Waals surface area contributed by atoms with E-state index in [0.717, 1.165) is 45.4 Å². The molecule has 1 heterocycles. The Morgan fingerprint density at radius 1 is 1.20 bits per heavy atom. The zero-order chi connectivity index (χ0) is 10.5. The minimum absolute atomic E-state index is 0.0591. The number of aliphatic hydroxyl groups is 1. The van der Waals surface area contributed by atoms with Gasteiger partial charge in [-0.2, -0.15) is 0 Å². The molecule has 2 N–H and O–H groups in total. The third-order valence-corrected chi connectivity index (χ3v) is 3.29. The largest absolute Gasteiger partial charge is 0.393 e. The van der Waals surface area contributed by atoms with Crippen molar-refractivity contribution in [1.82, 2.24) is 5.32 Å². The Balaban J connectivity index is 1.54. The van der Waals surface area contributed by atoms with Gasteiger partial charge >= 0.3 is 0 Å². The van der Waals surface area contributed by atoms with Gasteiger partial charge in [0, 0.05) is 6.54 Å². The average Bonchev–Trinajstić information content (AvgIpc) is 2.66. The molecule has 4 nitrogen and oxygen atoms in total. The molecule has 2 rings (SSSR count). The van der Waals surface area contributed by atoms with E-state index in [9.17, 15) is 5.11 Å². The van der Waals surface area contributed by atoms with Crippen LogP contribution in [-0.2, 0) is 9.47 Å². The molecule has 0 aromatic heterocycles. The lowest BCUT2D eigenvalue weighted by Crippen LogP contribution is -2.35. The van der Waals surface area contributed by atoms with E-state index >= 15 is 0 Å². The van der Waals surface area contributed by atoms with Crippen molar-refractivity contribution < 1.29 is 14.6 Å². The lowest BCUT2D eigenvalue weighted by Gasteiger charge is -2.23. The molecule has 3 unspecified atom stereocenters. The van der Waals surface area contributed by atoms with Crippen LogP contribution in [0.2, 0.25) is 0 Å². The summed E-state index contributed by atoms with van der Waals surface area (Å²) in [5, 5.41) is 12.8. The van der Waals surface area contributed by atoms with Crippen LogP contribution in [-0.4, -0.2) is 43.8 Å². The highest BCUT2D eigenvalue weighted by Gasteiger charge is 2.22. The van der Waals surface area contributed by atoms with Crippen molar-refractivity contribution in [2.45, 2.75) is 37.9 Å². The van der Waals surface area contributed by atoms with Crippen LogP contribution in [0.3, 0.4) is 0 Å². The Bertz CT molecular complexity index is 178. The smallest absolute Gasteiger partial charge is 0.147 e. The second-order valence-corrected chi connectivity index (χ2v) is 4.59. The van der Waals surface area contributed by atoms with Gasteiger partial charge in [0.15, 0.2) is 0 Å². The van der Waals surface area contributed by atoms with Crippen LogP contribution < -0.4 is 5.32 Å². The maximum absolute atomic E-state index is 9.38. The van der Waals surface area contributed by atoms with E-state index < -0.39 is 0 Å². The number of hydrogen-bond acceptors (Lipinski definition) is 4. The maximum atomic E-state index is 9.38. The molecule has 1 aliphatic heterocycles. The van der Waals surface area contributed by atoms with Crippen molar-refractivity contribution in [2.75, 3.05) is 26.5 Å². The summed E-state index contributed by atoms with van der Waals surface area (Å²) in [5.74, 6) is 0.653. The van der Waals surface area contributed by atoms with E-state index in [1.54, 1.807) is 0 Å². The predicted molar refractivity (Wildman–Crippen MR) is 56.5 cm³/mol. The van der Waals surface area contributed by atoms with Crippen molar-refractivity contribution in [1.29, 1.82) is 0 Å². The summed E-state index contributed by atoms with van der Waals surface area (Å²) in [4.78, 5) is 0. The Labute approximate surface area is 90.9 Å². The fraction of sp³-hybridized carbons (Fsp3) is 1.00. The molecular weight excluding hydrogens is 194 g/mol. The molecule has 0 radical (unpaired) electrons. The summed E-state index contributed by atoms with van der Waals surface area (Å²) in [7, 11) is 0. The van der Waals surface area contributed by atoms with Gasteiger partial charge in [-0.1, -0.05) is 0 Å². The summed E-state index contributed by atoms with van der Waals surface area (Å²) >= 11 is 0. The minimum Gasteiger partial charge on any atom is -0.393 e. The van der Waals surface area contributed by atoms with Gasteiger partial charge in [0.05, 0.1) is 18.8 Å². The molecule has 0 bridgehead atoms. The van der Waals surface area contributed by atoms with Gasteiger partial charge < -0.3 is 19.9 Å². The van der Waals surface area contributed by atoms with E-state index in [0.29, 0.717) is 18.8 Å². The second-order valence-electron chi connectivity index (χ2n) is 4.59. The summed E-state index contributed by atoms with van der Waals surface area (Å²) in [6.07, 6.45) is 4.33. The first-order chi connectivity index (χ1) is 7.34. The molecule has 15 heavy (non-hydrogen) atoms. The Morgan fingerprint density at radius 2 is 2.13 bits per heavy atom. The van der Waals surface area contributed by atoms with Gasteiger partial charge in [-0.3, -0.25) is 0 Å². The highest BCUT2D eigenvalue weighted by Crippen LogP contribution is 2.24. The number of hydrogen-bond donors (Lipinski definition) is 2. The highest BCUT2D eigenvalue weighted by molar-refractivity contribution is 4.76. The summed E-state index contributed by atoms with van der Waals surface area (Å²) in [5.41, 5.74) is 0. The van der Waals surface area contributed by atoms with Gasteiger partial charge in [0.25, 0.3) is 0 Å². The fourth-order valence-corrected chi connectivity index (χ4v) is 2.34. The van der Waals surface area contributed by atoms with Crippen molar-refractivity contribution in [3.8, 4) is 0 Å². The minimum atomic E-state index is -0.0591. The normalized spacial score (nSPS) is 37.0. The molecule has 0 spiro atoms. The van der Waals surface area contributed by atoms with Crippen LogP contribution in [0.5, 0.6) is 0 Å². The average molecular weight is 215 g/mol. The third kappa shape index (κ3) is 3.72. The van der Waals surface area contributed by atoms with E-state index in [1.165, 1.54) is 0 Å². The lowest BCUT2D eigenvalue weighted by atomic mass is 10.1. The second kappa shape index (κ2) is 5.80. The maximum Gasteiger partial charge on any atom is 0.147 e. The lowest BCUT2D eigenvalue weighted by molar-refractivity contribution is -0.137. The van der Waals surface area contributed by atoms with Crippen molar-refractivity contribution >= 4 is 0 Å². The molecule has 4 heteroatoms. The van der Waals surface area contributed by atoms with Crippen LogP contribution in [0.25, 0.3) is 0 Å². The van der Waals surface area contributed by atoms with Gasteiger partial charge in [-0.05, 0) is 38.1 Å². The number of ether oxygens (including phenoxy) is 2. The molecule has 2 fully saturated rings. The Morgan fingerprint density at radius 3 is 2.80 bits per heavy atom. The van der Waals surface area contributed by atoms with Gasteiger partial charge in [-0.25, -0.2) is 0 Å². The first kappa shape index (κ1) is 11.3. The van der Waals surface area contributed by atoms with E-state index in [4.69, 9.17) is 9.47 Å². The van der Waals surface area contributed by atoms with Crippen LogP contribution in [0, 0.1) is 5.92 Å². The first-order valence-corrected chi connectivity index (χ1v) is 5.92. The van der Waals surface area contributed by atoms with Crippen molar-refractivity contribution in [2.24, 2.45) is 5.92 Å². The SMILES string of the molecule is OC1CCC(CNCC2CCOCO2)C1. The summed E-state index contributed by atoms with van der Waals surface area (Å²) in [6, 6.07) is 0. The van der Waals surface area contributed by atoms with Crippen molar-refractivity contribution in [3.05, 3.63) is 0 Å². The predicted octanol–water partition coefficient (Wildman–Crippen LogP) is 0.500. The molecule has 1 aliphatic carbocycles. The molecule has 0 aromatic rings. The summed E-state index contributed by atoms with van der Waals surface area (Å²) in [6.45, 7) is 3.18. The van der Waals surface area contributed by atoms with Crippen molar-refractivity contribution in [3.63, 3.8) is 0 Å². The van der Waals surface area contributed by atoms with Crippen LogP contribution in [0.1, 0.15) is 25.7 Å². The molecule has 88 valence electrons. The quantitative estimate of drug-likeness (QED) is 0.717. The topological polar surface area (TPSA) is 50.7 Å². The number of nitrogens with one attached hydrogen (secondary N) is 1. The van der Waals surface area contributed by atoms with Gasteiger partial charge in [-0.15, -0.1) is 0 Å². The first-order valence-electron chi connectivity index (χ1n) is 5.92. The summed E-state index contributed by atoms with van der Waals surface area (Å²) < 4.78 is 10.5. The standard InChI is InChI=1S/C11H21NO3/c13-10-2-1-9(5-10)6-12-7-11-3-4-14-8-15-11/h9-13H,1-8H2. The highest BCUT2D eigenvalue weighted by atomic mass is 16.7. The van der Waals surface area contributed by atoms with Gasteiger partial charge in [0.2, 0.25) is 0 Å². The zero-order valence-electron chi connectivity index (χ0n) is 9.15. The molecule has 1 saturated heterocycles. The molecule has 0 amide bonds. The Kier molecular flexibility index (Phi) is 4.38. The molecule has 0 aromatic carbocycles. The van der Waals surface area contributed by atoms with E-state index in [-0.39, 0.29) is 6.10 Å². The van der Waals surface area contributed by atoms with Crippen LogP contribution in [0.15, 0.2) is 0 Å². The molecule has 2 aliphatic rings. The van der Waals surface area contributed by atoms with E-state index in [2.05, 4.69) is 5.32 Å². The number of rotatable bonds is 4. The third-order valence-electron chi connectivity index (χ3n) is 3.29. The molecular formula is C11H21NO3. The molecule has 1 saturated carbocycles. The van der Waals surface area contributed by atoms with E-state index in [1.807, 2.05) is 0 Å². The van der Waals surface area contributed by atoms with Crippen LogP contribution >= 0.6 is 0 Å². The Hall–Kier alpha value is -0.160. The van der Waals surface area contributed by atoms with Gasteiger partial charge in [0.1, 0.15) is 6.79 Å². The van der Waals surface area contributed by atoms with Crippen LogP contribution in [0.4, 0.5) is 0 Å². The fourth-order valence-electron chi connectivity index (χ4n) is 2.34. The zero-order valence-corrected chi connectivity index (χ0v) is 9.15. The number of aliphatic hydroxyl groups excluding tert-OH is 1. The molecule has 3 atom stereocenters. The monoisotopic (exact) mass is 215 g/mol.